The first-order valence-electron chi connectivity index (χ1n) is 10.2. The maximum Gasteiger partial charge on any atom is 0.390 e. The van der Waals surface area contributed by atoms with Crippen molar-refractivity contribution < 1.29 is 22.7 Å². The molecule has 0 saturated carbocycles. The Bertz CT molecular complexity index is 1460. The molecule has 10 nitrogen and oxygen atoms in total. The highest BCUT2D eigenvalue weighted by molar-refractivity contribution is 6.32. The highest BCUT2D eigenvalue weighted by Crippen LogP contribution is 2.24. The third kappa shape index (κ3) is 5.41. The summed E-state index contributed by atoms with van der Waals surface area (Å²) in [5, 5.41) is 9.03. The summed E-state index contributed by atoms with van der Waals surface area (Å²) in [6.45, 7) is -1.000. The number of halogens is 5. The Balaban J connectivity index is 1.77. The monoisotopic (exact) mass is 541 g/mol. The molecule has 0 aliphatic rings. The van der Waals surface area contributed by atoms with E-state index in [9.17, 15) is 22.8 Å². The Kier molecular flexibility index (Phi) is 7.13. The molecular formula is C21H16Cl2F3N7O3. The van der Waals surface area contributed by atoms with Gasteiger partial charge in [0.1, 0.15) is 6.54 Å². The lowest BCUT2D eigenvalue weighted by Gasteiger charge is -2.08. The topological polar surface area (TPSA) is 110 Å². The van der Waals surface area contributed by atoms with E-state index >= 15 is 0 Å². The van der Waals surface area contributed by atoms with Gasteiger partial charge in [0, 0.05) is 29.5 Å². The molecule has 4 aromatic rings. The summed E-state index contributed by atoms with van der Waals surface area (Å²) < 4.78 is 46.5. The van der Waals surface area contributed by atoms with Crippen molar-refractivity contribution in [3.63, 3.8) is 0 Å². The maximum atomic E-state index is 13.0. The van der Waals surface area contributed by atoms with Crippen LogP contribution in [-0.4, -0.2) is 53.4 Å². The van der Waals surface area contributed by atoms with Crippen LogP contribution in [0, 0.1) is 0 Å². The van der Waals surface area contributed by atoms with Gasteiger partial charge in [0.05, 0.1) is 24.2 Å². The zero-order chi connectivity index (χ0) is 26.0. The van der Waals surface area contributed by atoms with Crippen molar-refractivity contribution in [2.75, 3.05) is 7.11 Å². The summed E-state index contributed by atoms with van der Waals surface area (Å²) >= 11 is 12.1. The summed E-state index contributed by atoms with van der Waals surface area (Å²) in [6.07, 6.45) is -2.96. The minimum absolute atomic E-state index is 0.00530. The van der Waals surface area contributed by atoms with Crippen molar-refractivity contribution in [3.8, 4) is 17.1 Å². The number of carbonyl (C=O) groups is 1. The van der Waals surface area contributed by atoms with Gasteiger partial charge in [-0.2, -0.15) is 13.2 Å². The first-order valence-corrected chi connectivity index (χ1v) is 11.0. The van der Waals surface area contributed by atoms with E-state index in [1.165, 1.54) is 42.7 Å². The number of esters is 1. The number of ether oxygens (including phenoxy) is 1. The first-order chi connectivity index (χ1) is 17.1. The molecule has 4 rings (SSSR count). The minimum Gasteiger partial charge on any atom is -0.463 e. The van der Waals surface area contributed by atoms with Crippen LogP contribution < -0.4 is 5.69 Å². The highest BCUT2D eigenvalue weighted by Gasteiger charge is 2.29. The fourth-order valence-corrected chi connectivity index (χ4v) is 3.61. The number of pyridine rings is 1. The zero-order valence-corrected chi connectivity index (χ0v) is 19.9. The van der Waals surface area contributed by atoms with E-state index in [1.54, 1.807) is 0 Å². The molecule has 0 aliphatic carbocycles. The normalized spacial score (nSPS) is 11.6. The molecule has 1 aromatic carbocycles. The van der Waals surface area contributed by atoms with Crippen LogP contribution >= 0.6 is 23.2 Å². The van der Waals surface area contributed by atoms with E-state index in [0.29, 0.717) is 10.6 Å². The Morgan fingerprint density at radius 2 is 1.83 bits per heavy atom. The molecule has 0 aliphatic heterocycles. The Labute approximate surface area is 210 Å². The lowest BCUT2D eigenvalue weighted by atomic mass is 10.2. The van der Waals surface area contributed by atoms with Gasteiger partial charge in [0.25, 0.3) is 0 Å². The van der Waals surface area contributed by atoms with Crippen LogP contribution in [0.3, 0.4) is 0 Å². The van der Waals surface area contributed by atoms with E-state index in [4.69, 9.17) is 27.9 Å². The molecule has 0 radical (unpaired) electrons. The van der Waals surface area contributed by atoms with Gasteiger partial charge in [0.2, 0.25) is 5.82 Å². The lowest BCUT2D eigenvalue weighted by molar-refractivity contribution is -0.136. The largest absolute Gasteiger partial charge is 0.463 e. The van der Waals surface area contributed by atoms with Gasteiger partial charge in [-0.25, -0.2) is 23.9 Å². The number of hydrogen-bond acceptors (Lipinski definition) is 7. The molecule has 0 saturated heterocycles. The average molecular weight is 542 g/mol. The van der Waals surface area contributed by atoms with Gasteiger partial charge in [-0.15, -0.1) is 10.2 Å². The number of hydrogen-bond donors (Lipinski definition) is 0. The van der Waals surface area contributed by atoms with Crippen molar-refractivity contribution in [1.29, 1.82) is 0 Å². The van der Waals surface area contributed by atoms with Crippen molar-refractivity contribution in [3.05, 3.63) is 74.9 Å². The van der Waals surface area contributed by atoms with Crippen LogP contribution in [0.5, 0.6) is 0 Å². The van der Waals surface area contributed by atoms with Crippen LogP contribution in [0.1, 0.15) is 22.9 Å². The van der Waals surface area contributed by atoms with Gasteiger partial charge in [-0.3, -0.25) is 9.55 Å². The quantitative estimate of drug-likeness (QED) is 0.327. The van der Waals surface area contributed by atoms with E-state index in [1.807, 2.05) is 0 Å². The van der Waals surface area contributed by atoms with Gasteiger partial charge in [0.15, 0.2) is 11.6 Å². The second kappa shape index (κ2) is 10.1. The number of carbonyl (C=O) groups excluding carboxylic acids is 1. The first kappa shape index (κ1) is 25.4. The Morgan fingerprint density at radius 1 is 1.11 bits per heavy atom. The van der Waals surface area contributed by atoms with E-state index in [2.05, 4.69) is 20.2 Å². The Morgan fingerprint density at radius 3 is 2.47 bits per heavy atom. The molecule has 0 unspecified atom stereocenters. The van der Waals surface area contributed by atoms with Crippen LogP contribution in [0.4, 0.5) is 13.2 Å². The number of nitrogens with zero attached hydrogens (tertiary/aromatic N) is 7. The number of methoxy groups -OCH3 is 1. The third-order valence-corrected chi connectivity index (χ3v) is 5.48. The molecule has 15 heteroatoms. The summed E-state index contributed by atoms with van der Waals surface area (Å²) in [5.74, 6) is -1.09. The molecule has 0 bridgehead atoms. The molecule has 0 fully saturated rings. The van der Waals surface area contributed by atoms with Crippen LogP contribution in [-0.2, 0) is 17.8 Å². The van der Waals surface area contributed by atoms with Crippen LogP contribution in [0.15, 0.2) is 47.5 Å². The smallest absolute Gasteiger partial charge is 0.390 e. The SMILES string of the molecule is COC(=O)c1nc(Cn2nc(-c3ccc(Cl)cc3)n(CCC(F)(F)F)c2=O)nn1-c1ccncc1Cl. The van der Waals surface area contributed by atoms with Gasteiger partial charge in [-0.05, 0) is 30.3 Å². The Hall–Kier alpha value is -3.71. The average Bonchev–Trinajstić information content (AvgIpc) is 3.39. The molecule has 0 spiro atoms. The van der Waals surface area contributed by atoms with Crippen LogP contribution in [0.25, 0.3) is 17.1 Å². The second-order valence-electron chi connectivity index (χ2n) is 7.37. The van der Waals surface area contributed by atoms with Crippen molar-refractivity contribution in [2.45, 2.75) is 25.7 Å². The van der Waals surface area contributed by atoms with Crippen molar-refractivity contribution in [2.24, 2.45) is 0 Å². The molecule has 0 amide bonds. The van der Waals surface area contributed by atoms with Gasteiger partial charge < -0.3 is 4.74 Å². The zero-order valence-electron chi connectivity index (χ0n) is 18.4. The summed E-state index contributed by atoms with van der Waals surface area (Å²) in [4.78, 5) is 33.3. The molecule has 3 heterocycles. The number of rotatable bonds is 7. The predicted molar refractivity (Wildman–Crippen MR) is 122 cm³/mol. The second-order valence-corrected chi connectivity index (χ2v) is 8.21. The van der Waals surface area contributed by atoms with E-state index < -0.39 is 30.8 Å². The number of aromatic nitrogens is 7. The fourth-order valence-electron chi connectivity index (χ4n) is 3.28. The fraction of sp³-hybridized carbons (Fsp3) is 0.238. The summed E-state index contributed by atoms with van der Waals surface area (Å²) in [5.41, 5.74) is -0.160. The molecular weight excluding hydrogens is 526 g/mol. The van der Waals surface area contributed by atoms with E-state index in [-0.39, 0.29) is 34.7 Å². The summed E-state index contributed by atoms with van der Waals surface area (Å²) in [7, 11) is 1.15. The third-order valence-electron chi connectivity index (χ3n) is 4.93. The summed E-state index contributed by atoms with van der Waals surface area (Å²) in [6, 6.07) is 7.61. The molecule has 0 N–H and O–H groups in total. The molecule has 3 aromatic heterocycles. The number of alkyl halides is 3. The van der Waals surface area contributed by atoms with E-state index in [0.717, 1.165) is 21.0 Å². The standard InChI is InChI=1S/C21H16Cl2F3N7O3/c1-36-19(34)18-28-16(29-33(18)15-6-8-27-10-14(15)23)11-32-20(35)31(9-7-21(24,25)26)17(30-32)12-2-4-13(22)5-3-12/h2-6,8,10H,7,9,11H2,1H3. The van der Waals surface area contributed by atoms with Crippen LogP contribution in [0.2, 0.25) is 10.0 Å². The predicted octanol–water partition coefficient (Wildman–Crippen LogP) is 3.78. The molecule has 188 valence electrons. The minimum atomic E-state index is -4.49. The maximum absolute atomic E-state index is 13.0. The number of benzene rings is 1. The van der Waals surface area contributed by atoms with Gasteiger partial charge >= 0.3 is 17.8 Å². The lowest BCUT2D eigenvalue weighted by Crippen LogP contribution is -2.27. The molecule has 0 atom stereocenters. The van der Waals surface area contributed by atoms with Crippen molar-refractivity contribution >= 4 is 29.2 Å². The highest BCUT2D eigenvalue weighted by atomic mass is 35.5. The van der Waals surface area contributed by atoms with Gasteiger partial charge in [-0.1, -0.05) is 23.2 Å². The molecule has 36 heavy (non-hydrogen) atoms. The van der Waals surface area contributed by atoms with Crippen molar-refractivity contribution in [1.82, 2.24) is 34.1 Å².